The molecule has 26 heavy (non-hydrogen) atoms. The Morgan fingerprint density at radius 1 is 0.692 bits per heavy atom. The van der Waals surface area contributed by atoms with Gasteiger partial charge in [0.2, 0.25) is 0 Å². The molecule has 0 radical (unpaired) electrons. The molecule has 3 heteroatoms. The second kappa shape index (κ2) is 7.98. The highest BCUT2D eigenvalue weighted by atomic mass is 15.2. The van der Waals surface area contributed by atoms with Crippen molar-refractivity contribution in [2.75, 3.05) is 6.54 Å². The van der Waals surface area contributed by atoms with Gasteiger partial charge in [0.15, 0.2) is 0 Å². The first-order valence-corrected chi connectivity index (χ1v) is 9.08. The Bertz CT molecular complexity index is 844. The molecular formula is C23H23N3. The van der Waals surface area contributed by atoms with Crippen molar-refractivity contribution in [3.05, 3.63) is 108 Å². The van der Waals surface area contributed by atoms with Gasteiger partial charge in [-0.25, -0.2) is 0 Å². The monoisotopic (exact) mass is 341 g/mol. The predicted octanol–water partition coefficient (Wildman–Crippen LogP) is 4.26. The third kappa shape index (κ3) is 3.84. The summed E-state index contributed by atoms with van der Waals surface area (Å²) in [7, 11) is 0. The fraction of sp³-hybridized carbons (Fsp3) is 0.174. The van der Waals surface area contributed by atoms with Gasteiger partial charge in [-0.1, -0.05) is 91.0 Å². The van der Waals surface area contributed by atoms with Gasteiger partial charge in [-0.15, -0.1) is 0 Å². The van der Waals surface area contributed by atoms with E-state index >= 15 is 0 Å². The van der Waals surface area contributed by atoms with Gasteiger partial charge >= 0.3 is 0 Å². The minimum atomic E-state index is 0.104. The normalized spacial score (nSPS) is 19.0. The van der Waals surface area contributed by atoms with Crippen LogP contribution >= 0.6 is 0 Å². The van der Waals surface area contributed by atoms with Crippen LogP contribution in [0.15, 0.2) is 96.0 Å². The van der Waals surface area contributed by atoms with Crippen molar-refractivity contribution in [1.29, 1.82) is 0 Å². The van der Waals surface area contributed by atoms with E-state index in [4.69, 9.17) is 4.99 Å². The van der Waals surface area contributed by atoms with Crippen LogP contribution in [0.3, 0.4) is 0 Å². The lowest BCUT2D eigenvalue weighted by atomic mass is 9.95. The van der Waals surface area contributed by atoms with Gasteiger partial charge in [0.1, 0.15) is 11.9 Å². The van der Waals surface area contributed by atoms with Gasteiger partial charge in [-0.05, 0) is 16.7 Å². The molecule has 0 saturated heterocycles. The van der Waals surface area contributed by atoms with Crippen molar-refractivity contribution in [2.24, 2.45) is 4.99 Å². The zero-order valence-electron chi connectivity index (χ0n) is 14.7. The molecule has 2 N–H and O–H groups in total. The highest BCUT2D eigenvalue weighted by molar-refractivity contribution is 5.86. The van der Waals surface area contributed by atoms with Gasteiger partial charge in [-0.2, -0.15) is 0 Å². The molecule has 0 amide bonds. The summed E-state index contributed by atoms with van der Waals surface area (Å²) in [6.07, 6.45) is 0. The highest BCUT2D eigenvalue weighted by Crippen LogP contribution is 2.35. The van der Waals surface area contributed by atoms with Crippen molar-refractivity contribution in [1.82, 2.24) is 10.6 Å². The molecule has 0 unspecified atom stereocenters. The van der Waals surface area contributed by atoms with Crippen LogP contribution in [-0.2, 0) is 6.54 Å². The zero-order chi connectivity index (χ0) is 17.6. The number of nitrogens with zero attached hydrogens (tertiary/aromatic N) is 1. The van der Waals surface area contributed by atoms with Crippen molar-refractivity contribution in [3.8, 4) is 0 Å². The molecule has 1 heterocycles. The maximum Gasteiger partial charge on any atom is 0.112 e. The van der Waals surface area contributed by atoms with E-state index in [9.17, 15) is 0 Å². The average molecular weight is 341 g/mol. The summed E-state index contributed by atoms with van der Waals surface area (Å²) in [6, 6.07) is 31.8. The Morgan fingerprint density at radius 3 is 1.92 bits per heavy atom. The van der Waals surface area contributed by atoms with E-state index in [1.807, 2.05) is 6.07 Å². The van der Waals surface area contributed by atoms with Gasteiger partial charge < -0.3 is 10.6 Å². The molecule has 2 atom stereocenters. The van der Waals surface area contributed by atoms with Crippen molar-refractivity contribution < 1.29 is 0 Å². The summed E-state index contributed by atoms with van der Waals surface area (Å²) in [5.74, 6) is 1.02. The molecule has 0 fully saturated rings. The third-order valence-corrected chi connectivity index (χ3v) is 4.70. The fourth-order valence-electron chi connectivity index (χ4n) is 3.40. The SMILES string of the molecule is c1ccc(CNCC2=N[C@H](c3ccccc3)[C@H](c3ccccc3)N2)cc1. The zero-order valence-corrected chi connectivity index (χ0v) is 14.7. The maximum atomic E-state index is 4.99. The lowest BCUT2D eigenvalue weighted by Gasteiger charge is -2.19. The number of rotatable bonds is 6. The molecule has 0 spiro atoms. The third-order valence-electron chi connectivity index (χ3n) is 4.70. The molecule has 3 aromatic carbocycles. The minimum Gasteiger partial charge on any atom is -0.363 e. The van der Waals surface area contributed by atoms with E-state index in [-0.39, 0.29) is 12.1 Å². The molecule has 0 bridgehead atoms. The van der Waals surface area contributed by atoms with Crippen LogP contribution in [0.5, 0.6) is 0 Å². The summed E-state index contributed by atoms with van der Waals surface area (Å²) in [5.41, 5.74) is 3.79. The summed E-state index contributed by atoms with van der Waals surface area (Å²) < 4.78 is 0. The van der Waals surface area contributed by atoms with E-state index in [1.165, 1.54) is 16.7 Å². The summed E-state index contributed by atoms with van der Waals surface area (Å²) in [5, 5.41) is 7.12. The molecule has 130 valence electrons. The maximum absolute atomic E-state index is 4.99. The van der Waals surface area contributed by atoms with E-state index in [0.717, 1.165) is 18.9 Å². The van der Waals surface area contributed by atoms with Crippen LogP contribution in [-0.4, -0.2) is 12.4 Å². The Balaban J connectivity index is 1.49. The smallest absolute Gasteiger partial charge is 0.112 e. The topological polar surface area (TPSA) is 36.4 Å². The van der Waals surface area contributed by atoms with E-state index in [0.29, 0.717) is 0 Å². The second-order valence-electron chi connectivity index (χ2n) is 6.55. The Labute approximate surface area is 154 Å². The molecular weight excluding hydrogens is 318 g/mol. The van der Waals surface area contributed by atoms with Gasteiger partial charge in [-0.3, -0.25) is 4.99 Å². The van der Waals surface area contributed by atoms with Crippen LogP contribution in [0.25, 0.3) is 0 Å². The Morgan fingerprint density at radius 2 is 1.27 bits per heavy atom. The van der Waals surface area contributed by atoms with Crippen LogP contribution < -0.4 is 10.6 Å². The standard InChI is InChI=1S/C23H23N3/c1-4-10-18(11-5-1)16-24-17-21-25-22(19-12-6-2-7-13-19)23(26-21)20-14-8-3-9-15-20/h1-15,22-24H,16-17H2,(H,25,26)/t22-,23+. The number of benzene rings is 3. The van der Waals surface area contributed by atoms with Crippen molar-refractivity contribution in [3.63, 3.8) is 0 Å². The summed E-state index contributed by atoms with van der Waals surface area (Å²) >= 11 is 0. The molecule has 3 nitrogen and oxygen atoms in total. The van der Waals surface area contributed by atoms with Crippen molar-refractivity contribution >= 4 is 5.84 Å². The average Bonchev–Trinajstić information content (AvgIpc) is 3.14. The van der Waals surface area contributed by atoms with Crippen LogP contribution in [0.4, 0.5) is 0 Å². The molecule has 3 aromatic rings. The summed E-state index contributed by atoms with van der Waals surface area (Å²) in [4.78, 5) is 4.99. The lowest BCUT2D eigenvalue weighted by Crippen LogP contribution is -2.32. The van der Waals surface area contributed by atoms with E-state index in [2.05, 4.69) is 95.6 Å². The Hall–Kier alpha value is -2.91. The number of hydrogen-bond acceptors (Lipinski definition) is 3. The largest absolute Gasteiger partial charge is 0.363 e. The second-order valence-corrected chi connectivity index (χ2v) is 6.55. The van der Waals surface area contributed by atoms with Gasteiger partial charge in [0.25, 0.3) is 0 Å². The first-order chi connectivity index (χ1) is 12.9. The molecule has 1 aliphatic heterocycles. The number of aliphatic imine (C=N–C) groups is 1. The van der Waals surface area contributed by atoms with Crippen LogP contribution in [0, 0.1) is 0 Å². The van der Waals surface area contributed by atoms with Crippen LogP contribution in [0.2, 0.25) is 0 Å². The fourth-order valence-corrected chi connectivity index (χ4v) is 3.40. The molecule has 0 saturated carbocycles. The van der Waals surface area contributed by atoms with Gasteiger partial charge in [0, 0.05) is 6.54 Å². The first-order valence-electron chi connectivity index (χ1n) is 9.08. The molecule has 4 rings (SSSR count). The van der Waals surface area contributed by atoms with Gasteiger partial charge in [0.05, 0.1) is 12.6 Å². The predicted molar refractivity (Wildman–Crippen MR) is 107 cm³/mol. The quantitative estimate of drug-likeness (QED) is 0.703. The van der Waals surface area contributed by atoms with E-state index < -0.39 is 0 Å². The summed E-state index contributed by atoms with van der Waals surface area (Å²) in [6.45, 7) is 1.58. The molecule has 1 aliphatic rings. The van der Waals surface area contributed by atoms with Crippen LogP contribution in [0.1, 0.15) is 28.8 Å². The first kappa shape index (κ1) is 16.6. The van der Waals surface area contributed by atoms with Crippen molar-refractivity contribution in [2.45, 2.75) is 18.6 Å². The van der Waals surface area contributed by atoms with E-state index in [1.54, 1.807) is 0 Å². The lowest BCUT2D eigenvalue weighted by molar-refractivity contribution is 0.571. The molecule has 0 aromatic heterocycles. The highest BCUT2D eigenvalue weighted by Gasteiger charge is 2.30. The Kier molecular flexibility index (Phi) is 5.08. The minimum absolute atomic E-state index is 0.104. The molecule has 0 aliphatic carbocycles. The number of amidine groups is 1. The number of hydrogen-bond donors (Lipinski definition) is 2. The number of nitrogens with one attached hydrogen (secondary N) is 2.